The fraction of sp³-hybridized carbons (Fsp3) is 0.167. The van der Waals surface area contributed by atoms with Crippen LogP contribution in [0.25, 0.3) is 6.08 Å². The van der Waals surface area contributed by atoms with Gasteiger partial charge in [-0.2, -0.15) is 14.0 Å². The van der Waals surface area contributed by atoms with E-state index >= 15 is 0 Å². The van der Waals surface area contributed by atoms with Crippen molar-refractivity contribution in [1.29, 1.82) is 5.26 Å². The summed E-state index contributed by atoms with van der Waals surface area (Å²) < 4.78 is 33.3. The van der Waals surface area contributed by atoms with Gasteiger partial charge in [0.05, 0.1) is 7.11 Å². The lowest BCUT2D eigenvalue weighted by Crippen LogP contribution is -2.12. The van der Waals surface area contributed by atoms with Gasteiger partial charge in [0.1, 0.15) is 11.6 Å². The maximum Gasteiger partial charge on any atom is 0.387 e. The van der Waals surface area contributed by atoms with Gasteiger partial charge >= 0.3 is 6.61 Å². The van der Waals surface area contributed by atoms with E-state index in [-0.39, 0.29) is 17.1 Å². The van der Waals surface area contributed by atoms with Gasteiger partial charge in [-0.25, -0.2) is 0 Å². The Kier molecular flexibility index (Phi) is 4.83. The van der Waals surface area contributed by atoms with Crippen molar-refractivity contribution in [3.8, 4) is 17.6 Å². The normalized spacial score (nSPS) is 11.0. The molecule has 0 bridgehead atoms. The highest BCUT2D eigenvalue weighted by Gasteiger charge is 2.11. The Morgan fingerprint density at radius 1 is 1.47 bits per heavy atom. The number of primary amides is 1. The predicted molar refractivity (Wildman–Crippen MR) is 62.4 cm³/mol. The predicted octanol–water partition coefficient (Wildman–Crippen LogP) is 1.69. The molecule has 7 heteroatoms. The van der Waals surface area contributed by atoms with E-state index in [0.29, 0.717) is 5.56 Å². The number of hydrogen-bond acceptors (Lipinski definition) is 4. The summed E-state index contributed by atoms with van der Waals surface area (Å²) in [6, 6.07) is 5.61. The summed E-state index contributed by atoms with van der Waals surface area (Å²) in [5.41, 5.74) is 5.11. The molecule has 5 nitrogen and oxygen atoms in total. The van der Waals surface area contributed by atoms with Gasteiger partial charge in [0, 0.05) is 0 Å². The van der Waals surface area contributed by atoms with Crippen LogP contribution in [0, 0.1) is 11.3 Å². The summed E-state index contributed by atoms with van der Waals surface area (Å²) in [6.07, 6.45) is 1.22. The van der Waals surface area contributed by atoms with Crippen LogP contribution in [0.3, 0.4) is 0 Å². The zero-order valence-corrected chi connectivity index (χ0v) is 9.89. The van der Waals surface area contributed by atoms with Gasteiger partial charge < -0.3 is 15.2 Å². The minimum absolute atomic E-state index is 0.0517. The molecule has 0 radical (unpaired) electrons. The summed E-state index contributed by atoms with van der Waals surface area (Å²) >= 11 is 0. The van der Waals surface area contributed by atoms with Crippen molar-refractivity contribution < 1.29 is 23.0 Å². The smallest absolute Gasteiger partial charge is 0.387 e. The van der Waals surface area contributed by atoms with Gasteiger partial charge in [0.2, 0.25) is 0 Å². The molecule has 1 rings (SSSR count). The van der Waals surface area contributed by atoms with Gasteiger partial charge in [-0.3, -0.25) is 4.79 Å². The van der Waals surface area contributed by atoms with Crippen molar-refractivity contribution in [2.24, 2.45) is 5.73 Å². The summed E-state index contributed by atoms with van der Waals surface area (Å²) in [7, 11) is 1.28. The van der Waals surface area contributed by atoms with Crippen LogP contribution in [0.15, 0.2) is 23.8 Å². The van der Waals surface area contributed by atoms with Crippen LogP contribution in [-0.2, 0) is 4.79 Å². The summed E-state index contributed by atoms with van der Waals surface area (Å²) in [5, 5.41) is 8.68. The van der Waals surface area contributed by atoms with Crippen molar-refractivity contribution in [3.63, 3.8) is 0 Å². The lowest BCUT2D eigenvalue weighted by Gasteiger charge is -2.10. The molecule has 0 heterocycles. The van der Waals surface area contributed by atoms with Crippen molar-refractivity contribution >= 4 is 12.0 Å². The molecule has 1 amide bonds. The Morgan fingerprint density at radius 3 is 2.63 bits per heavy atom. The third-order valence-electron chi connectivity index (χ3n) is 2.10. The molecule has 100 valence electrons. The van der Waals surface area contributed by atoms with Crippen molar-refractivity contribution in [2.75, 3.05) is 7.11 Å². The molecule has 1 aromatic carbocycles. The van der Waals surface area contributed by atoms with E-state index < -0.39 is 12.5 Å². The third kappa shape index (κ3) is 3.96. The summed E-state index contributed by atoms with van der Waals surface area (Å²) in [5.74, 6) is -0.975. The molecule has 0 aliphatic carbocycles. The lowest BCUT2D eigenvalue weighted by atomic mass is 10.1. The number of nitrogens with two attached hydrogens (primary N) is 1. The van der Waals surface area contributed by atoms with Crippen LogP contribution in [-0.4, -0.2) is 19.6 Å². The highest BCUT2D eigenvalue weighted by molar-refractivity contribution is 6.00. The molecule has 0 spiro atoms. The number of rotatable bonds is 5. The van der Waals surface area contributed by atoms with Gasteiger partial charge in [0.15, 0.2) is 11.5 Å². The van der Waals surface area contributed by atoms with Crippen LogP contribution >= 0.6 is 0 Å². The molecule has 19 heavy (non-hydrogen) atoms. The fourth-order valence-electron chi connectivity index (χ4n) is 1.29. The van der Waals surface area contributed by atoms with E-state index in [4.69, 9.17) is 15.7 Å². The zero-order valence-electron chi connectivity index (χ0n) is 9.89. The van der Waals surface area contributed by atoms with Gasteiger partial charge in [-0.05, 0) is 23.8 Å². The van der Waals surface area contributed by atoms with Crippen LogP contribution in [0.5, 0.6) is 11.5 Å². The topological polar surface area (TPSA) is 85.3 Å². The van der Waals surface area contributed by atoms with Crippen LogP contribution in [0.4, 0.5) is 8.78 Å². The number of halogens is 2. The van der Waals surface area contributed by atoms with Crippen molar-refractivity contribution in [2.45, 2.75) is 6.61 Å². The molecule has 0 atom stereocenters. The Labute approximate surface area is 107 Å². The van der Waals surface area contributed by atoms with E-state index in [1.165, 1.54) is 31.4 Å². The molecule has 1 aromatic rings. The lowest BCUT2D eigenvalue weighted by molar-refractivity contribution is -0.114. The number of nitriles is 1. The Balaban J connectivity index is 3.14. The Bertz CT molecular complexity index is 550. The Hall–Kier alpha value is -2.62. The molecule has 2 N–H and O–H groups in total. The first-order chi connectivity index (χ1) is 8.97. The number of alkyl halides is 2. The molecule has 0 aromatic heterocycles. The average Bonchev–Trinajstić information content (AvgIpc) is 2.36. The molecular formula is C12H10F2N2O3. The van der Waals surface area contributed by atoms with Crippen LogP contribution in [0.2, 0.25) is 0 Å². The molecule has 0 fully saturated rings. The second-order valence-corrected chi connectivity index (χ2v) is 3.32. The van der Waals surface area contributed by atoms with Crippen molar-refractivity contribution in [3.05, 3.63) is 29.3 Å². The van der Waals surface area contributed by atoms with Gasteiger partial charge in [-0.1, -0.05) is 6.07 Å². The van der Waals surface area contributed by atoms with Crippen LogP contribution < -0.4 is 15.2 Å². The minimum Gasteiger partial charge on any atom is -0.493 e. The number of nitrogens with zero attached hydrogens (tertiary/aromatic N) is 1. The third-order valence-corrected chi connectivity index (χ3v) is 2.10. The number of ether oxygens (including phenoxy) is 2. The number of benzene rings is 1. The molecule has 0 aliphatic heterocycles. The minimum atomic E-state index is -2.98. The van der Waals surface area contributed by atoms with E-state index in [1.807, 2.05) is 0 Å². The first-order valence-electron chi connectivity index (χ1n) is 5.02. The second kappa shape index (κ2) is 6.35. The average molecular weight is 268 g/mol. The number of hydrogen-bond donors (Lipinski definition) is 1. The van der Waals surface area contributed by atoms with Gasteiger partial charge in [-0.15, -0.1) is 0 Å². The number of methoxy groups -OCH3 is 1. The first-order valence-corrected chi connectivity index (χ1v) is 5.02. The van der Waals surface area contributed by atoms with E-state index in [1.54, 1.807) is 6.07 Å². The first kappa shape index (κ1) is 14.4. The number of carbonyl (C=O) groups is 1. The standard InChI is InChI=1S/C12H10F2N2O3/c1-18-10-5-7(4-8(6-15)11(16)17)2-3-9(10)19-12(13)14/h2-5,12H,1H3,(H2,16,17)/b8-4-. The highest BCUT2D eigenvalue weighted by Crippen LogP contribution is 2.30. The van der Waals surface area contributed by atoms with E-state index in [0.717, 1.165) is 0 Å². The Morgan fingerprint density at radius 2 is 2.16 bits per heavy atom. The highest BCUT2D eigenvalue weighted by atomic mass is 19.3. The van der Waals surface area contributed by atoms with E-state index in [9.17, 15) is 13.6 Å². The van der Waals surface area contributed by atoms with Crippen molar-refractivity contribution in [1.82, 2.24) is 0 Å². The molecule has 0 saturated carbocycles. The molecule has 0 unspecified atom stereocenters. The van der Waals surface area contributed by atoms with E-state index in [2.05, 4.69) is 4.74 Å². The fourth-order valence-corrected chi connectivity index (χ4v) is 1.29. The monoisotopic (exact) mass is 268 g/mol. The number of carbonyl (C=O) groups excluding carboxylic acids is 1. The quantitative estimate of drug-likeness (QED) is 0.650. The molecule has 0 aliphatic rings. The molecular weight excluding hydrogens is 258 g/mol. The van der Waals surface area contributed by atoms with Gasteiger partial charge in [0.25, 0.3) is 5.91 Å². The maximum absolute atomic E-state index is 12.1. The molecule has 0 saturated heterocycles. The zero-order chi connectivity index (χ0) is 14.4. The summed E-state index contributed by atoms with van der Waals surface area (Å²) in [6.45, 7) is -2.98. The second-order valence-electron chi connectivity index (χ2n) is 3.32. The van der Waals surface area contributed by atoms with Crippen LogP contribution in [0.1, 0.15) is 5.56 Å². The number of amides is 1. The maximum atomic E-state index is 12.1. The SMILES string of the molecule is COc1cc(/C=C(/C#N)C(N)=O)ccc1OC(F)F. The summed E-state index contributed by atoms with van der Waals surface area (Å²) in [4.78, 5) is 10.9. The largest absolute Gasteiger partial charge is 0.493 e.